The van der Waals surface area contributed by atoms with Crippen LogP contribution in [0.4, 0.5) is 5.82 Å². The van der Waals surface area contributed by atoms with Gasteiger partial charge in [0, 0.05) is 24.8 Å². The van der Waals surface area contributed by atoms with Gasteiger partial charge < -0.3 is 10.2 Å². The van der Waals surface area contributed by atoms with Crippen LogP contribution in [0.5, 0.6) is 0 Å². The van der Waals surface area contributed by atoms with Gasteiger partial charge in [0.2, 0.25) is 0 Å². The molecular weight excluding hydrogens is 248 g/mol. The van der Waals surface area contributed by atoms with Crippen LogP contribution in [0.15, 0.2) is 12.4 Å². The molecule has 0 aliphatic carbocycles. The number of aryl methyl sites for hydroxylation is 1. The quantitative estimate of drug-likeness (QED) is 0.777. The third kappa shape index (κ3) is 4.44. The molecule has 1 aromatic rings. The van der Waals surface area contributed by atoms with Gasteiger partial charge in [-0.1, -0.05) is 20.3 Å². The van der Waals surface area contributed by atoms with E-state index in [0.29, 0.717) is 0 Å². The molecule has 1 N–H and O–H groups in total. The third-order valence-electron chi connectivity index (χ3n) is 4.01. The molecule has 0 saturated carbocycles. The Labute approximate surface area is 123 Å². The van der Waals surface area contributed by atoms with Crippen molar-refractivity contribution in [1.29, 1.82) is 0 Å². The van der Waals surface area contributed by atoms with E-state index in [1.165, 1.54) is 31.5 Å². The molecule has 1 fully saturated rings. The molecule has 0 unspecified atom stereocenters. The first-order valence-corrected chi connectivity index (χ1v) is 8.10. The second kappa shape index (κ2) is 8.20. The summed E-state index contributed by atoms with van der Waals surface area (Å²) in [6.07, 6.45) is 7.66. The van der Waals surface area contributed by atoms with Crippen molar-refractivity contribution in [2.75, 3.05) is 31.1 Å². The van der Waals surface area contributed by atoms with Gasteiger partial charge in [0.15, 0.2) is 0 Å². The average Bonchev–Trinajstić information content (AvgIpc) is 2.49. The van der Waals surface area contributed by atoms with Crippen molar-refractivity contribution < 1.29 is 0 Å². The maximum Gasteiger partial charge on any atom is 0.132 e. The maximum atomic E-state index is 4.44. The highest BCUT2D eigenvalue weighted by atomic mass is 15.2. The van der Waals surface area contributed by atoms with Gasteiger partial charge in [-0.3, -0.25) is 0 Å². The summed E-state index contributed by atoms with van der Waals surface area (Å²) in [7, 11) is 0. The van der Waals surface area contributed by atoms with Crippen LogP contribution in [0.1, 0.15) is 45.2 Å². The minimum absolute atomic E-state index is 0.828. The minimum atomic E-state index is 0.828. The van der Waals surface area contributed by atoms with E-state index in [9.17, 15) is 0 Å². The lowest BCUT2D eigenvalue weighted by Crippen LogP contribution is -2.37. The lowest BCUT2D eigenvalue weighted by atomic mass is 9.96. The van der Waals surface area contributed by atoms with Gasteiger partial charge in [0.25, 0.3) is 0 Å². The van der Waals surface area contributed by atoms with E-state index in [4.69, 9.17) is 0 Å². The minimum Gasteiger partial charge on any atom is -0.356 e. The van der Waals surface area contributed by atoms with Crippen molar-refractivity contribution in [3.63, 3.8) is 0 Å². The monoisotopic (exact) mass is 276 g/mol. The Bertz CT molecular complexity index is 386. The molecule has 112 valence electrons. The second-order valence-corrected chi connectivity index (χ2v) is 5.75. The first kappa shape index (κ1) is 15.2. The predicted octanol–water partition coefficient (Wildman–Crippen LogP) is 2.65. The zero-order chi connectivity index (χ0) is 14.2. The molecule has 0 amide bonds. The van der Waals surface area contributed by atoms with Crippen molar-refractivity contribution in [2.24, 2.45) is 5.92 Å². The molecule has 20 heavy (non-hydrogen) atoms. The topological polar surface area (TPSA) is 41.0 Å². The lowest BCUT2D eigenvalue weighted by Gasteiger charge is -2.33. The molecule has 1 aliphatic heterocycles. The van der Waals surface area contributed by atoms with E-state index < -0.39 is 0 Å². The van der Waals surface area contributed by atoms with Crippen molar-refractivity contribution in [1.82, 2.24) is 15.3 Å². The highest BCUT2D eigenvalue weighted by Gasteiger charge is 2.19. The Morgan fingerprint density at radius 3 is 2.70 bits per heavy atom. The maximum absolute atomic E-state index is 4.44. The summed E-state index contributed by atoms with van der Waals surface area (Å²) in [4.78, 5) is 11.2. The standard InChI is InChI=1S/C16H28N4/c1-3-5-15-11-16(19-13-18-15)20-9-6-14(7-10-20)12-17-8-4-2/h11,13-14,17H,3-10,12H2,1-2H3. The SMILES string of the molecule is CCCNCC1CCN(c2cc(CCC)ncn2)CC1. The Morgan fingerprint density at radius 1 is 1.20 bits per heavy atom. The van der Waals surface area contributed by atoms with Gasteiger partial charge in [-0.2, -0.15) is 0 Å². The molecule has 0 radical (unpaired) electrons. The van der Waals surface area contributed by atoms with E-state index in [-0.39, 0.29) is 0 Å². The summed E-state index contributed by atoms with van der Waals surface area (Å²) in [6, 6.07) is 2.17. The van der Waals surface area contributed by atoms with Crippen LogP contribution in [0.25, 0.3) is 0 Å². The highest BCUT2D eigenvalue weighted by Crippen LogP contribution is 2.21. The smallest absolute Gasteiger partial charge is 0.132 e. The molecule has 0 spiro atoms. The number of anilines is 1. The van der Waals surface area contributed by atoms with Crippen molar-refractivity contribution >= 4 is 5.82 Å². The largest absolute Gasteiger partial charge is 0.356 e. The van der Waals surface area contributed by atoms with Gasteiger partial charge in [0.05, 0.1) is 0 Å². The van der Waals surface area contributed by atoms with Crippen LogP contribution in [0.2, 0.25) is 0 Å². The fourth-order valence-electron chi connectivity index (χ4n) is 2.80. The van der Waals surface area contributed by atoms with E-state index in [0.717, 1.165) is 44.2 Å². The number of nitrogens with one attached hydrogen (secondary N) is 1. The fourth-order valence-corrected chi connectivity index (χ4v) is 2.80. The van der Waals surface area contributed by atoms with Gasteiger partial charge >= 0.3 is 0 Å². The number of hydrogen-bond donors (Lipinski definition) is 1. The number of nitrogens with zero attached hydrogens (tertiary/aromatic N) is 3. The van der Waals surface area contributed by atoms with Crippen LogP contribution >= 0.6 is 0 Å². The van der Waals surface area contributed by atoms with Crippen molar-refractivity contribution in [2.45, 2.75) is 46.0 Å². The molecule has 2 rings (SSSR count). The van der Waals surface area contributed by atoms with Gasteiger partial charge in [-0.05, 0) is 44.7 Å². The number of piperidine rings is 1. The zero-order valence-corrected chi connectivity index (χ0v) is 12.9. The summed E-state index contributed by atoms with van der Waals surface area (Å²) in [5.74, 6) is 1.94. The summed E-state index contributed by atoms with van der Waals surface area (Å²) in [5, 5.41) is 3.54. The van der Waals surface area contributed by atoms with E-state index in [1.54, 1.807) is 6.33 Å². The van der Waals surface area contributed by atoms with Crippen LogP contribution in [-0.2, 0) is 6.42 Å². The van der Waals surface area contributed by atoms with Gasteiger partial charge in [-0.15, -0.1) is 0 Å². The zero-order valence-electron chi connectivity index (χ0n) is 12.9. The highest BCUT2D eigenvalue weighted by molar-refractivity contribution is 5.39. The summed E-state index contributed by atoms with van der Waals surface area (Å²) in [5.41, 5.74) is 1.17. The Morgan fingerprint density at radius 2 is 2.00 bits per heavy atom. The van der Waals surface area contributed by atoms with Crippen LogP contribution in [-0.4, -0.2) is 36.1 Å². The van der Waals surface area contributed by atoms with Crippen molar-refractivity contribution in [3.8, 4) is 0 Å². The van der Waals surface area contributed by atoms with E-state index in [2.05, 4.69) is 40.1 Å². The summed E-state index contributed by atoms with van der Waals surface area (Å²) in [6.45, 7) is 8.98. The summed E-state index contributed by atoms with van der Waals surface area (Å²) >= 11 is 0. The lowest BCUT2D eigenvalue weighted by molar-refractivity contribution is 0.382. The molecule has 0 aromatic carbocycles. The fraction of sp³-hybridized carbons (Fsp3) is 0.750. The number of aromatic nitrogens is 2. The number of rotatable bonds is 7. The first-order valence-electron chi connectivity index (χ1n) is 8.10. The van der Waals surface area contributed by atoms with Gasteiger partial charge in [0.1, 0.15) is 12.1 Å². The Hall–Kier alpha value is -1.16. The van der Waals surface area contributed by atoms with E-state index in [1.807, 2.05) is 0 Å². The average molecular weight is 276 g/mol. The summed E-state index contributed by atoms with van der Waals surface area (Å²) < 4.78 is 0. The van der Waals surface area contributed by atoms with E-state index >= 15 is 0 Å². The second-order valence-electron chi connectivity index (χ2n) is 5.75. The predicted molar refractivity (Wildman–Crippen MR) is 84.1 cm³/mol. The molecule has 1 aliphatic rings. The number of hydrogen-bond acceptors (Lipinski definition) is 4. The van der Waals surface area contributed by atoms with Crippen LogP contribution in [0, 0.1) is 5.92 Å². The molecule has 4 heteroatoms. The van der Waals surface area contributed by atoms with Crippen LogP contribution < -0.4 is 10.2 Å². The molecule has 1 aromatic heterocycles. The van der Waals surface area contributed by atoms with Crippen LogP contribution in [0.3, 0.4) is 0 Å². The molecule has 0 atom stereocenters. The Kier molecular flexibility index (Phi) is 6.25. The molecule has 1 saturated heterocycles. The van der Waals surface area contributed by atoms with Crippen molar-refractivity contribution in [3.05, 3.63) is 18.1 Å². The normalized spacial score (nSPS) is 16.6. The molecular formula is C16H28N4. The first-order chi connectivity index (χ1) is 9.83. The molecule has 2 heterocycles. The third-order valence-corrected chi connectivity index (χ3v) is 4.01. The molecule has 4 nitrogen and oxygen atoms in total. The molecule has 0 bridgehead atoms. The Balaban J connectivity index is 1.82. The van der Waals surface area contributed by atoms with Gasteiger partial charge in [-0.25, -0.2) is 9.97 Å².